The summed E-state index contributed by atoms with van der Waals surface area (Å²) in [6.45, 7) is -0.865. The van der Waals surface area contributed by atoms with Crippen LogP contribution in [0.2, 0.25) is 5.15 Å². The van der Waals surface area contributed by atoms with E-state index in [1.165, 1.54) is 24.7 Å². The first-order valence-corrected chi connectivity index (χ1v) is 7.89. The Bertz CT molecular complexity index is 781. The third-order valence-electron chi connectivity index (χ3n) is 2.67. The van der Waals surface area contributed by atoms with E-state index in [0.717, 1.165) is 0 Å². The second-order valence-electron chi connectivity index (χ2n) is 4.90. The van der Waals surface area contributed by atoms with Gasteiger partial charge in [0.25, 0.3) is 0 Å². The molecule has 0 aromatic carbocycles. The van der Waals surface area contributed by atoms with Gasteiger partial charge in [-0.15, -0.1) is 12.4 Å². The third kappa shape index (κ3) is 9.37. The minimum atomic E-state index is -4.44. The minimum absolute atomic E-state index is 0. The zero-order chi connectivity index (χ0) is 19.7. The lowest BCUT2D eigenvalue weighted by molar-refractivity contribution is -0.118. The molecule has 3 N–H and O–H groups in total. The van der Waals surface area contributed by atoms with Crippen molar-refractivity contribution < 1.29 is 22.6 Å². The summed E-state index contributed by atoms with van der Waals surface area (Å²) in [6.07, 6.45) is 0.224. The number of halogens is 5. The van der Waals surface area contributed by atoms with E-state index in [9.17, 15) is 13.2 Å². The molecule has 2 aromatic heterocycles. The molecule has 2 heterocycles. The van der Waals surface area contributed by atoms with Gasteiger partial charge in [-0.3, -0.25) is 4.98 Å². The molecule has 0 atom stereocenters. The van der Waals surface area contributed by atoms with Gasteiger partial charge < -0.3 is 20.5 Å². The fourth-order valence-corrected chi connectivity index (χ4v) is 1.76. The number of nitrogens with zero attached hydrogens (tertiary/aromatic N) is 5. The van der Waals surface area contributed by atoms with Crippen LogP contribution in [-0.2, 0) is 0 Å². The minimum Gasteiger partial charge on any atom is -0.476 e. The number of hydrogen-bond donors (Lipinski definition) is 2. The predicted molar refractivity (Wildman–Crippen MR) is 98.1 cm³/mol. The van der Waals surface area contributed by atoms with E-state index >= 15 is 0 Å². The Kier molecular flexibility index (Phi) is 9.45. The first kappa shape index (κ1) is 23.4. The van der Waals surface area contributed by atoms with Gasteiger partial charge in [0.1, 0.15) is 12.4 Å². The van der Waals surface area contributed by atoms with Crippen molar-refractivity contribution >= 4 is 35.8 Å². The fraction of sp³-hybridized carbons (Fsp3) is 0.357. The van der Waals surface area contributed by atoms with Gasteiger partial charge in [-0.05, 0) is 6.07 Å². The monoisotopic (exact) mass is 441 g/mol. The van der Waals surface area contributed by atoms with Crippen molar-refractivity contribution in [2.24, 2.45) is 10.7 Å². The van der Waals surface area contributed by atoms with E-state index in [4.69, 9.17) is 26.8 Å². The van der Waals surface area contributed by atoms with Gasteiger partial charge in [0.15, 0.2) is 11.1 Å². The summed E-state index contributed by atoms with van der Waals surface area (Å²) in [6, 6.07) is 1.43. The van der Waals surface area contributed by atoms with Crippen molar-refractivity contribution in [2.45, 2.75) is 12.6 Å². The molecule has 2 rings (SSSR count). The van der Waals surface area contributed by atoms with E-state index in [0.29, 0.717) is 18.9 Å². The van der Waals surface area contributed by atoms with Gasteiger partial charge in [-0.2, -0.15) is 23.1 Å². The van der Waals surface area contributed by atoms with Crippen molar-refractivity contribution in [1.82, 2.24) is 19.9 Å². The number of rotatable bonds is 8. The molecule has 14 heteroatoms. The molecule has 0 spiro atoms. The summed E-state index contributed by atoms with van der Waals surface area (Å²) in [4.78, 5) is 18.7. The van der Waals surface area contributed by atoms with Crippen LogP contribution in [0.3, 0.4) is 0 Å². The molecule has 28 heavy (non-hydrogen) atoms. The number of hydrogen-bond acceptors (Lipinski definition) is 7. The number of ether oxygens (including phenoxy) is 2. The van der Waals surface area contributed by atoms with E-state index in [1.54, 1.807) is 0 Å². The molecule has 0 aliphatic carbocycles. The molecule has 0 amide bonds. The van der Waals surface area contributed by atoms with Gasteiger partial charge >= 0.3 is 12.2 Å². The Morgan fingerprint density at radius 2 is 1.96 bits per heavy atom. The Morgan fingerprint density at radius 3 is 2.68 bits per heavy atom. The molecule has 0 aliphatic rings. The summed E-state index contributed by atoms with van der Waals surface area (Å²) in [5.74, 6) is 0.0143. The standard InChI is InChI=1S/C14H15ClF3N7O2.ClH/c15-9-6-20-7-11(23-9)26-4-1-5-27-13-21-3-2-10(25-13)24-12(19)22-8-14(16,17)18;/h2-3,6-7H,1,4-5,8H2,(H3,19,21,22,24,25);1H. The van der Waals surface area contributed by atoms with Crippen molar-refractivity contribution in [3.63, 3.8) is 0 Å². The Hall–Kier alpha value is -2.60. The third-order valence-corrected chi connectivity index (χ3v) is 2.85. The Morgan fingerprint density at radius 1 is 1.21 bits per heavy atom. The lowest BCUT2D eigenvalue weighted by atomic mass is 10.5. The number of aromatic nitrogens is 4. The fourth-order valence-electron chi connectivity index (χ4n) is 1.62. The highest BCUT2D eigenvalue weighted by Gasteiger charge is 2.26. The van der Waals surface area contributed by atoms with Crippen LogP contribution >= 0.6 is 24.0 Å². The molecule has 0 saturated heterocycles. The zero-order valence-corrected chi connectivity index (χ0v) is 15.8. The van der Waals surface area contributed by atoms with Crippen LogP contribution in [-0.4, -0.2) is 51.8 Å². The molecule has 0 bridgehead atoms. The number of aliphatic imine (C=N–C) groups is 1. The SMILES string of the molecule is Cl.NC(=NCC(F)(F)F)Nc1ccnc(OCCCOc2cncc(Cl)n2)n1. The summed E-state index contributed by atoms with van der Waals surface area (Å²) >= 11 is 5.68. The van der Waals surface area contributed by atoms with Crippen LogP contribution in [0.25, 0.3) is 0 Å². The quantitative estimate of drug-likeness (QED) is 0.364. The predicted octanol–water partition coefficient (Wildman–Crippen LogP) is 2.48. The van der Waals surface area contributed by atoms with Crippen LogP contribution < -0.4 is 20.5 Å². The second-order valence-corrected chi connectivity index (χ2v) is 5.28. The van der Waals surface area contributed by atoms with Crippen LogP contribution in [0.15, 0.2) is 29.6 Å². The molecule has 2 aromatic rings. The van der Waals surface area contributed by atoms with E-state index in [2.05, 4.69) is 30.2 Å². The van der Waals surface area contributed by atoms with Crippen molar-refractivity contribution in [3.05, 3.63) is 29.8 Å². The first-order valence-electron chi connectivity index (χ1n) is 7.52. The highest BCUT2D eigenvalue weighted by Crippen LogP contribution is 2.14. The highest BCUT2D eigenvalue weighted by atomic mass is 35.5. The Balaban J connectivity index is 0.00000392. The van der Waals surface area contributed by atoms with Gasteiger partial charge in [0.05, 0.1) is 25.6 Å². The van der Waals surface area contributed by atoms with E-state index in [1.807, 2.05) is 0 Å². The van der Waals surface area contributed by atoms with Crippen LogP contribution in [0.5, 0.6) is 11.9 Å². The van der Waals surface area contributed by atoms with Crippen molar-refractivity contribution in [2.75, 3.05) is 25.1 Å². The van der Waals surface area contributed by atoms with Crippen LogP contribution in [0.4, 0.5) is 19.0 Å². The van der Waals surface area contributed by atoms with Gasteiger partial charge in [0, 0.05) is 12.6 Å². The topological polar surface area (TPSA) is 120 Å². The average molecular weight is 442 g/mol. The van der Waals surface area contributed by atoms with Crippen LogP contribution in [0.1, 0.15) is 6.42 Å². The highest BCUT2D eigenvalue weighted by molar-refractivity contribution is 6.29. The van der Waals surface area contributed by atoms with Crippen molar-refractivity contribution in [1.29, 1.82) is 0 Å². The molecular formula is C14H16Cl2F3N7O2. The molecule has 9 nitrogen and oxygen atoms in total. The molecule has 0 radical (unpaired) electrons. The lowest BCUT2D eigenvalue weighted by Crippen LogP contribution is -2.26. The lowest BCUT2D eigenvalue weighted by Gasteiger charge is -2.08. The summed E-state index contributed by atoms with van der Waals surface area (Å²) in [7, 11) is 0. The summed E-state index contributed by atoms with van der Waals surface area (Å²) < 4.78 is 46.9. The molecular weight excluding hydrogens is 426 g/mol. The molecule has 0 fully saturated rings. The Labute approximate surface area is 169 Å². The van der Waals surface area contributed by atoms with Gasteiger partial charge in [0.2, 0.25) is 5.88 Å². The molecule has 154 valence electrons. The number of alkyl halides is 3. The maximum atomic E-state index is 12.1. The van der Waals surface area contributed by atoms with Crippen LogP contribution in [0, 0.1) is 0 Å². The average Bonchev–Trinajstić information content (AvgIpc) is 2.60. The maximum absolute atomic E-state index is 12.1. The van der Waals surface area contributed by atoms with E-state index in [-0.39, 0.29) is 36.0 Å². The summed E-state index contributed by atoms with van der Waals surface area (Å²) in [5.41, 5.74) is 5.37. The molecule has 0 unspecified atom stereocenters. The largest absolute Gasteiger partial charge is 0.476 e. The van der Waals surface area contributed by atoms with Gasteiger partial charge in [-0.25, -0.2) is 9.98 Å². The zero-order valence-electron chi connectivity index (χ0n) is 14.2. The molecule has 0 aliphatic heterocycles. The van der Waals surface area contributed by atoms with Crippen molar-refractivity contribution in [3.8, 4) is 11.9 Å². The van der Waals surface area contributed by atoms with Gasteiger partial charge in [-0.1, -0.05) is 11.6 Å². The molecule has 0 saturated carbocycles. The van der Waals surface area contributed by atoms with E-state index < -0.39 is 18.7 Å². The number of anilines is 1. The summed E-state index contributed by atoms with van der Waals surface area (Å²) in [5, 5.41) is 2.65. The smallest absolute Gasteiger partial charge is 0.408 e. The normalized spacial score (nSPS) is 11.5. The number of nitrogens with two attached hydrogens (primary N) is 1. The number of guanidine groups is 1. The first-order chi connectivity index (χ1) is 12.8. The second kappa shape index (κ2) is 11.3. The number of nitrogens with one attached hydrogen (secondary N) is 1. The maximum Gasteiger partial charge on any atom is 0.408 e.